The molecule has 0 amide bonds. The molecule has 2 heteroatoms. The van der Waals surface area contributed by atoms with Crippen LogP contribution in [-0.2, 0) is 13.0 Å². The molecule has 0 heterocycles. The molecule has 0 saturated carbocycles. The zero-order chi connectivity index (χ0) is 14.5. The highest BCUT2D eigenvalue weighted by molar-refractivity contribution is 5.54. The molecular formula is C18H23NO. The van der Waals surface area contributed by atoms with Crippen molar-refractivity contribution in [2.45, 2.75) is 39.8 Å². The number of nitrogens with one attached hydrogen (secondary N) is 1. The minimum absolute atomic E-state index is 0.0693. The van der Waals surface area contributed by atoms with Crippen LogP contribution in [0.4, 0.5) is 5.69 Å². The molecule has 2 aromatic carbocycles. The molecule has 2 nitrogen and oxygen atoms in total. The molecule has 106 valence electrons. The van der Waals surface area contributed by atoms with Crippen LogP contribution >= 0.6 is 0 Å². The second-order valence-corrected chi connectivity index (χ2v) is 5.61. The highest BCUT2D eigenvalue weighted by atomic mass is 16.3. The van der Waals surface area contributed by atoms with Crippen LogP contribution in [0.3, 0.4) is 0 Å². The van der Waals surface area contributed by atoms with E-state index >= 15 is 0 Å². The normalized spacial score (nSPS) is 10.8. The summed E-state index contributed by atoms with van der Waals surface area (Å²) in [4.78, 5) is 0. The molecule has 2 rings (SSSR count). The molecule has 0 atom stereocenters. The monoisotopic (exact) mass is 269 g/mol. The van der Waals surface area contributed by atoms with E-state index in [1.54, 1.807) is 0 Å². The van der Waals surface area contributed by atoms with Gasteiger partial charge < -0.3 is 10.4 Å². The third kappa shape index (κ3) is 3.84. The highest BCUT2D eigenvalue weighted by Crippen LogP contribution is 2.21. The number of hydrogen-bond acceptors (Lipinski definition) is 2. The number of benzene rings is 2. The van der Waals surface area contributed by atoms with Crippen LogP contribution in [0.2, 0.25) is 0 Å². The minimum atomic E-state index is 0.0693. The fourth-order valence-corrected chi connectivity index (χ4v) is 2.26. The Hall–Kier alpha value is -1.80. The molecule has 0 radical (unpaired) electrons. The van der Waals surface area contributed by atoms with Gasteiger partial charge in [0.25, 0.3) is 0 Å². The first-order valence-electron chi connectivity index (χ1n) is 7.13. The Labute approximate surface area is 121 Å². The van der Waals surface area contributed by atoms with E-state index in [0.717, 1.165) is 17.7 Å². The standard InChI is InChI=1S/C18H23NO/c1-13(2)19-18-11-16(8-9-17(18)12-20)10-15-6-4-14(3)5-7-15/h4-9,11,13,19-20H,10,12H2,1-3H3. The lowest BCUT2D eigenvalue weighted by molar-refractivity contribution is 0.282. The average Bonchev–Trinajstić information content (AvgIpc) is 2.41. The summed E-state index contributed by atoms with van der Waals surface area (Å²) < 4.78 is 0. The van der Waals surface area contributed by atoms with Crippen molar-refractivity contribution in [2.75, 3.05) is 5.32 Å². The predicted octanol–water partition coefficient (Wildman–Crippen LogP) is 3.90. The second-order valence-electron chi connectivity index (χ2n) is 5.61. The van der Waals surface area contributed by atoms with Crippen molar-refractivity contribution in [1.82, 2.24) is 0 Å². The number of hydrogen-bond donors (Lipinski definition) is 2. The third-order valence-corrected chi connectivity index (χ3v) is 3.32. The van der Waals surface area contributed by atoms with Crippen LogP contribution < -0.4 is 5.32 Å². The van der Waals surface area contributed by atoms with E-state index in [2.05, 4.69) is 62.5 Å². The van der Waals surface area contributed by atoms with E-state index in [1.165, 1.54) is 16.7 Å². The molecule has 0 aromatic heterocycles. The van der Waals surface area contributed by atoms with Crippen LogP contribution in [-0.4, -0.2) is 11.1 Å². The van der Waals surface area contributed by atoms with Gasteiger partial charge in [-0.2, -0.15) is 0 Å². The SMILES string of the molecule is Cc1ccc(Cc2ccc(CO)c(NC(C)C)c2)cc1. The van der Waals surface area contributed by atoms with E-state index < -0.39 is 0 Å². The summed E-state index contributed by atoms with van der Waals surface area (Å²) in [5, 5.41) is 12.8. The van der Waals surface area contributed by atoms with Crippen LogP contribution in [0.15, 0.2) is 42.5 Å². The summed E-state index contributed by atoms with van der Waals surface area (Å²) in [5.74, 6) is 0. The third-order valence-electron chi connectivity index (χ3n) is 3.32. The minimum Gasteiger partial charge on any atom is -0.392 e. The van der Waals surface area contributed by atoms with Crippen LogP contribution in [0, 0.1) is 6.92 Å². The van der Waals surface area contributed by atoms with Crippen LogP contribution in [0.5, 0.6) is 0 Å². The van der Waals surface area contributed by atoms with Gasteiger partial charge in [0, 0.05) is 17.3 Å². The van der Waals surface area contributed by atoms with Crippen molar-refractivity contribution in [3.05, 3.63) is 64.7 Å². The van der Waals surface area contributed by atoms with Gasteiger partial charge in [0.1, 0.15) is 0 Å². The Balaban J connectivity index is 2.21. The molecule has 2 N–H and O–H groups in total. The van der Waals surface area contributed by atoms with Gasteiger partial charge in [-0.3, -0.25) is 0 Å². The van der Waals surface area contributed by atoms with Crippen molar-refractivity contribution in [1.29, 1.82) is 0 Å². The predicted molar refractivity (Wildman–Crippen MR) is 85.1 cm³/mol. The topological polar surface area (TPSA) is 32.3 Å². The molecular weight excluding hydrogens is 246 g/mol. The highest BCUT2D eigenvalue weighted by Gasteiger charge is 2.05. The van der Waals surface area contributed by atoms with Crippen LogP contribution in [0.25, 0.3) is 0 Å². The van der Waals surface area contributed by atoms with Gasteiger partial charge in [0.15, 0.2) is 0 Å². The van der Waals surface area contributed by atoms with Gasteiger partial charge in [-0.15, -0.1) is 0 Å². The summed E-state index contributed by atoms with van der Waals surface area (Å²) in [7, 11) is 0. The fourth-order valence-electron chi connectivity index (χ4n) is 2.26. The Morgan fingerprint density at radius 1 is 1.00 bits per heavy atom. The zero-order valence-electron chi connectivity index (χ0n) is 12.5. The Bertz CT molecular complexity index is 558. The summed E-state index contributed by atoms with van der Waals surface area (Å²) in [6.07, 6.45) is 0.915. The first-order valence-corrected chi connectivity index (χ1v) is 7.13. The van der Waals surface area contributed by atoms with E-state index in [1.807, 2.05) is 6.07 Å². The lowest BCUT2D eigenvalue weighted by Gasteiger charge is -2.15. The zero-order valence-corrected chi connectivity index (χ0v) is 12.5. The molecule has 0 spiro atoms. The first-order chi connectivity index (χ1) is 9.58. The van der Waals surface area contributed by atoms with Crippen LogP contribution in [0.1, 0.15) is 36.1 Å². The molecule has 0 bridgehead atoms. The van der Waals surface area contributed by atoms with E-state index in [-0.39, 0.29) is 6.61 Å². The maximum Gasteiger partial charge on any atom is 0.0701 e. The molecule has 0 saturated heterocycles. The number of anilines is 1. The van der Waals surface area contributed by atoms with Gasteiger partial charge in [-0.05, 0) is 44.4 Å². The quantitative estimate of drug-likeness (QED) is 0.863. The number of rotatable bonds is 5. The molecule has 2 aromatic rings. The molecule has 0 aliphatic carbocycles. The molecule has 0 aliphatic heterocycles. The number of aryl methyl sites for hydroxylation is 1. The lowest BCUT2D eigenvalue weighted by atomic mass is 10.0. The fraction of sp³-hybridized carbons (Fsp3) is 0.333. The maximum atomic E-state index is 9.40. The molecule has 20 heavy (non-hydrogen) atoms. The lowest BCUT2D eigenvalue weighted by Crippen LogP contribution is -2.12. The Morgan fingerprint density at radius 2 is 1.65 bits per heavy atom. The van der Waals surface area contributed by atoms with Crippen molar-refractivity contribution in [2.24, 2.45) is 0 Å². The van der Waals surface area contributed by atoms with Gasteiger partial charge in [-0.1, -0.05) is 42.0 Å². The van der Waals surface area contributed by atoms with E-state index in [0.29, 0.717) is 6.04 Å². The first kappa shape index (κ1) is 14.6. The molecule has 0 fully saturated rings. The van der Waals surface area contributed by atoms with Crippen molar-refractivity contribution in [3.8, 4) is 0 Å². The van der Waals surface area contributed by atoms with E-state index in [4.69, 9.17) is 0 Å². The van der Waals surface area contributed by atoms with Crippen molar-refractivity contribution < 1.29 is 5.11 Å². The summed E-state index contributed by atoms with van der Waals surface area (Å²) >= 11 is 0. The largest absolute Gasteiger partial charge is 0.392 e. The molecule has 0 unspecified atom stereocenters. The summed E-state index contributed by atoms with van der Waals surface area (Å²) in [6, 6.07) is 15.2. The summed E-state index contributed by atoms with van der Waals surface area (Å²) in [6.45, 7) is 6.38. The van der Waals surface area contributed by atoms with Gasteiger partial charge >= 0.3 is 0 Å². The summed E-state index contributed by atoms with van der Waals surface area (Å²) in [5.41, 5.74) is 5.84. The Kier molecular flexibility index (Phi) is 4.80. The van der Waals surface area contributed by atoms with Gasteiger partial charge in [0.05, 0.1) is 6.61 Å². The number of aliphatic hydroxyl groups excluding tert-OH is 1. The number of aliphatic hydroxyl groups is 1. The van der Waals surface area contributed by atoms with Crippen molar-refractivity contribution >= 4 is 5.69 Å². The molecule has 0 aliphatic rings. The second kappa shape index (κ2) is 6.58. The maximum absolute atomic E-state index is 9.40. The smallest absolute Gasteiger partial charge is 0.0701 e. The van der Waals surface area contributed by atoms with Gasteiger partial charge in [0.2, 0.25) is 0 Å². The van der Waals surface area contributed by atoms with Gasteiger partial charge in [-0.25, -0.2) is 0 Å². The van der Waals surface area contributed by atoms with Crippen molar-refractivity contribution in [3.63, 3.8) is 0 Å². The van der Waals surface area contributed by atoms with E-state index in [9.17, 15) is 5.11 Å². The average molecular weight is 269 g/mol. The Morgan fingerprint density at radius 3 is 2.25 bits per heavy atom.